The molecule has 0 radical (unpaired) electrons. The molecule has 0 bridgehead atoms. The largest absolute Gasteiger partial charge is 0.441 e. The molecule has 1 rings (SSSR count). The van der Waals surface area contributed by atoms with E-state index in [1.165, 1.54) is 0 Å². The molecule has 0 saturated heterocycles. The fourth-order valence-electron chi connectivity index (χ4n) is 1.44. The van der Waals surface area contributed by atoms with Crippen LogP contribution in [0.15, 0.2) is 5.10 Å². The maximum absolute atomic E-state index is 5.49. The molecule has 1 N–H and O–H groups in total. The minimum atomic E-state index is -0.0418. The first-order valence-corrected chi connectivity index (χ1v) is 4.98. The molecule has 1 aliphatic rings. The van der Waals surface area contributed by atoms with Gasteiger partial charge in [-0.1, -0.05) is 13.8 Å². The topological polar surface area (TPSA) is 36.9 Å². The van der Waals surface area contributed by atoms with Crippen LogP contribution in [0.3, 0.4) is 0 Å². The molecule has 13 heavy (non-hydrogen) atoms. The lowest BCUT2D eigenvalue weighted by molar-refractivity contribution is 0.00910. The van der Waals surface area contributed by atoms with Gasteiger partial charge in [0.15, 0.2) is 0 Å². The van der Waals surface area contributed by atoms with E-state index >= 15 is 0 Å². The van der Waals surface area contributed by atoms with Crippen molar-refractivity contribution in [1.82, 2.24) is 10.3 Å². The molecule has 0 amide bonds. The zero-order valence-electron chi connectivity index (χ0n) is 8.71. The summed E-state index contributed by atoms with van der Waals surface area (Å²) < 4.78 is 5.49. The van der Waals surface area contributed by atoms with Crippen LogP contribution in [0.5, 0.6) is 0 Å². The Kier molecular flexibility index (Phi) is 4.02. The van der Waals surface area contributed by atoms with Crippen LogP contribution in [0.1, 0.15) is 33.6 Å². The second kappa shape index (κ2) is 5.07. The molecule has 4 heteroatoms. The van der Waals surface area contributed by atoms with E-state index in [1.807, 2.05) is 6.92 Å². The first-order valence-electron chi connectivity index (χ1n) is 4.98. The fraction of sp³-hybridized carbons (Fsp3) is 0.889. The highest BCUT2D eigenvalue weighted by Crippen LogP contribution is 2.06. The summed E-state index contributed by atoms with van der Waals surface area (Å²) in [6, 6.07) is 0. The van der Waals surface area contributed by atoms with Gasteiger partial charge in [0.2, 0.25) is 12.2 Å². The minimum absolute atomic E-state index is 0.0418. The SMILES string of the molecule is CCCN(CCC)C1NN=C(C)O1. The van der Waals surface area contributed by atoms with Gasteiger partial charge in [0.05, 0.1) is 0 Å². The van der Waals surface area contributed by atoms with Crippen molar-refractivity contribution < 1.29 is 4.74 Å². The molecule has 1 unspecified atom stereocenters. The van der Waals surface area contributed by atoms with Gasteiger partial charge in [-0.25, -0.2) is 4.90 Å². The molecule has 0 aromatic heterocycles. The summed E-state index contributed by atoms with van der Waals surface area (Å²) >= 11 is 0. The molecule has 1 heterocycles. The van der Waals surface area contributed by atoms with Gasteiger partial charge in [-0.3, -0.25) is 5.43 Å². The maximum Gasteiger partial charge on any atom is 0.246 e. The van der Waals surface area contributed by atoms with Crippen LogP contribution < -0.4 is 5.43 Å². The summed E-state index contributed by atoms with van der Waals surface area (Å²) in [4.78, 5) is 2.26. The molecule has 0 spiro atoms. The van der Waals surface area contributed by atoms with Crippen molar-refractivity contribution >= 4 is 5.90 Å². The lowest BCUT2D eigenvalue weighted by atomic mass is 10.4. The van der Waals surface area contributed by atoms with Gasteiger partial charge in [-0.05, 0) is 12.8 Å². The average molecular weight is 185 g/mol. The van der Waals surface area contributed by atoms with Gasteiger partial charge in [-0.2, -0.15) is 0 Å². The van der Waals surface area contributed by atoms with Crippen LogP contribution >= 0.6 is 0 Å². The predicted octanol–water partition coefficient (Wildman–Crippen LogP) is 1.35. The molecular weight excluding hydrogens is 166 g/mol. The molecule has 1 atom stereocenters. The lowest BCUT2D eigenvalue weighted by Crippen LogP contribution is -2.43. The molecule has 0 aromatic carbocycles. The number of ether oxygens (including phenoxy) is 1. The summed E-state index contributed by atoms with van der Waals surface area (Å²) in [5.74, 6) is 0.724. The van der Waals surface area contributed by atoms with E-state index in [1.54, 1.807) is 0 Å². The van der Waals surface area contributed by atoms with Crippen LogP contribution in [-0.4, -0.2) is 30.2 Å². The summed E-state index contributed by atoms with van der Waals surface area (Å²) in [6.07, 6.45) is 2.24. The third-order valence-corrected chi connectivity index (χ3v) is 1.97. The van der Waals surface area contributed by atoms with E-state index in [-0.39, 0.29) is 6.35 Å². The average Bonchev–Trinajstić information content (AvgIpc) is 2.51. The zero-order valence-corrected chi connectivity index (χ0v) is 8.71. The smallest absolute Gasteiger partial charge is 0.246 e. The number of rotatable bonds is 5. The lowest BCUT2D eigenvalue weighted by Gasteiger charge is -2.26. The predicted molar refractivity (Wildman–Crippen MR) is 53.3 cm³/mol. The highest BCUT2D eigenvalue weighted by Gasteiger charge is 2.22. The van der Waals surface area contributed by atoms with Gasteiger partial charge in [0, 0.05) is 20.0 Å². The van der Waals surface area contributed by atoms with Gasteiger partial charge in [0.25, 0.3) is 0 Å². The number of nitrogens with one attached hydrogen (secondary N) is 1. The van der Waals surface area contributed by atoms with E-state index < -0.39 is 0 Å². The molecular formula is C9H19N3O. The minimum Gasteiger partial charge on any atom is -0.441 e. The van der Waals surface area contributed by atoms with E-state index in [2.05, 4.69) is 29.3 Å². The molecule has 1 aliphatic heterocycles. The van der Waals surface area contributed by atoms with Gasteiger partial charge < -0.3 is 4.74 Å². The number of hydrogen-bond acceptors (Lipinski definition) is 4. The quantitative estimate of drug-likeness (QED) is 0.702. The number of nitrogens with zero attached hydrogens (tertiary/aromatic N) is 2. The van der Waals surface area contributed by atoms with Crippen molar-refractivity contribution in [3.05, 3.63) is 0 Å². The van der Waals surface area contributed by atoms with Crippen LogP contribution in [0.2, 0.25) is 0 Å². The highest BCUT2D eigenvalue weighted by molar-refractivity contribution is 5.73. The third-order valence-electron chi connectivity index (χ3n) is 1.97. The normalized spacial score (nSPS) is 21.2. The van der Waals surface area contributed by atoms with Crippen molar-refractivity contribution in [3.8, 4) is 0 Å². The van der Waals surface area contributed by atoms with Crippen LogP contribution in [0.25, 0.3) is 0 Å². The molecule has 76 valence electrons. The number of hydrazone groups is 1. The third kappa shape index (κ3) is 2.88. The van der Waals surface area contributed by atoms with Crippen molar-refractivity contribution in [2.24, 2.45) is 5.10 Å². The highest BCUT2D eigenvalue weighted by atomic mass is 16.5. The van der Waals surface area contributed by atoms with Crippen molar-refractivity contribution in [2.45, 2.75) is 40.0 Å². The Balaban J connectivity index is 2.37. The monoisotopic (exact) mass is 185 g/mol. The van der Waals surface area contributed by atoms with E-state index in [4.69, 9.17) is 4.74 Å². The standard InChI is InChI=1S/C9H19N3O/c1-4-6-12(7-5-2)9-11-10-8(3)13-9/h9,11H,4-7H2,1-3H3. The molecule has 0 saturated carbocycles. The summed E-state index contributed by atoms with van der Waals surface area (Å²) in [6.45, 7) is 8.31. The van der Waals surface area contributed by atoms with Crippen LogP contribution in [0.4, 0.5) is 0 Å². The Labute approximate surface area is 79.9 Å². The Morgan fingerprint density at radius 2 is 2.00 bits per heavy atom. The number of hydrogen-bond donors (Lipinski definition) is 1. The van der Waals surface area contributed by atoms with Crippen molar-refractivity contribution in [3.63, 3.8) is 0 Å². The fourth-order valence-corrected chi connectivity index (χ4v) is 1.44. The Hall–Kier alpha value is -0.770. The molecule has 0 aliphatic carbocycles. The van der Waals surface area contributed by atoms with Gasteiger partial charge in [-0.15, -0.1) is 5.10 Å². The van der Waals surface area contributed by atoms with Gasteiger partial charge in [0.1, 0.15) is 0 Å². The van der Waals surface area contributed by atoms with Crippen LogP contribution in [-0.2, 0) is 4.74 Å². The Morgan fingerprint density at radius 1 is 1.38 bits per heavy atom. The second-order valence-corrected chi connectivity index (χ2v) is 3.27. The first-order chi connectivity index (χ1) is 6.27. The zero-order chi connectivity index (χ0) is 9.68. The summed E-state index contributed by atoms with van der Waals surface area (Å²) in [5, 5.41) is 4.01. The molecule has 0 fully saturated rings. The molecule has 0 aromatic rings. The second-order valence-electron chi connectivity index (χ2n) is 3.27. The van der Waals surface area contributed by atoms with Crippen molar-refractivity contribution in [1.29, 1.82) is 0 Å². The maximum atomic E-state index is 5.49. The Morgan fingerprint density at radius 3 is 2.38 bits per heavy atom. The Bertz CT molecular complexity index is 176. The molecule has 4 nitrogen and oxygen atoms in total. The first kappa shape index (κ1) is 10.3. The summed E-state index contributed by atoms with van der Waals surface area (Å²) in [5.41, 5.74) is 2.97. The van der Waals surface area contributed by atoms with Gasteiger partial charge >= 0.3 is 0 Å². The van der Waals surface area contributed by atoms with Crippen molar-refractivity contribution in [2.75, 3.05) is 13.1 Å². The van der Waals surface area contributed by atoms with E-state index in [0.29, 0.717) is 0 Å². The van der Waals surface area contributed by atoms with E-state index in [9.17, 15) is 0 Å². The van der Waals surface area contributed by atoms with Crippen LogP contribution in [0, 0.1) is 0 Å². The summed E-state index contributed by atoms with van der Waals surface area (Å²) in [7, 11) is 0. The van der Waals surface area contributed by atoms with E-state index in [0.717, 1.165) is 31.8 Å².